The van der Waals surface area contributed by atoms with Crippen molar-refractivity contribution in [3.63, 3.8) is 0 Å². The van der Waals surface area contributed by atoms with Crippen molar-refractivity contribution in [3.05, 3.63) is 23.3 Å². The highest BCUT2D eigenvalue weighted by Gasteiger charge is 2.11. The van der Waals surface area contributed by atoms with Crippen LogP contribution in [-0.2, 0) is 12.8 Å². The Balaban J connectivity index is 3.12. The summed E-state index contributed by atoms with van der Waals surface area (Å²) in [4.78, 5) is 0. The van der Waals surface area contributed by atoms with Crippen molar-refractivity contribution in [2.75, 3.05) is 13.2 Å². The number of aromatic hydroxyl groups is 2. The third-order valence-corrected chi connectivity index (χ3v) is 2.11. The molecule has 4 N–H and O–H groups in total. The van der Waals surface area contributed by atoms with E-state index in [1.165, 1.54) is 12.1 Å². The van der Waals surface area contributed by atoms with Crippen molar-refractivity contribution in [2.45, 2.75) is 12.8 Å². The quantitative estimate of drug-likeness (QED) is 0.520. The molecule has 4 heteroatoms. The number of rotatable bonds is 4. The van der Waals surface area contributed by atoms with Gasteiger partial charge in [0, 0.05) is 24.3 Å². The number of phenols is 2. The highest BCUT2D eigenvalue weighted by atomic mass is 16.3. The Morgan fingerprint density at radius 1 is 0.786 bits per heavy atom. The zero-order valence-corrected chi connectivity index (χ0v) is 7.77. The number of aliphatic hydroxyl groups is 2. The van der Waals surface area contributed by atoms with Crippen LogP contribution >= 0.6 is 0 Å². The normalized spacial score (nSPS) is 10.4. The highest BCUT2D eigenvalue weighted by molar-refractivity contribution is 5.47. The molecule has 1 rings (SSSR count). The van der Waals surface area contributed by atoms with Gasteiger partial charge in [0.2, 0.25) is 0 Å². The van der Waals surface area contributed by atoms with Crippen LogP contribution in [0.15, 0.2) is 12.1 Å². The second kappa shape index (κ2) is 4.83. The first-order valence-corrected chi connectivity index (χ1v) is 4.45. The minimum atomic E-state index is -0.102. The van der Waals surface area contributed by atoms with Crippen molar-refractivity contribution in [1.29, 1.82) is 0 Å². The fourth-order valence-electron chi connectivity index (χ4n) is 1.45. The lowest BCUT2D eigenvalue weighted by molar-refractivity contribution is 0.289. The molecule has 0 saturated carbocycles. The van der Waals surface area contributed by atoms with Gasteiger partial charge in [-0.2, -0.15) is 0 Å². The van der Waals surface area contributed by atoms with Gasteiger partial charge in [0.05, 0.1) is 0 Å². The summed E-state index contributed by atoms with van der Waals surface area (Å²) < 4.78 is 0. The summed E-state index contributed by atoms with van der Waals surface area (Å²) in [6.45, 7) is -0.203. The van der Waals surface area contributed by atoms with E-state index >= 15 is 0 Å². The fraction of sp³-hybridized carbons (Fsp3) is 0.400. The van der Waals surface area contributed by atoms with Crippen LogP contribution in [0.3, 0.4) is 0 Å². The van der Waals surface area contributed by atoms with Crippen LogP contribution in [0.25, 0.3) is 0 Å². The molecule has 1 aromatic rings. The second-order valence-electron chi connectivity index (χ2n) is 3.01. The van der Waals surface area contributed by atoms with Gasteiger partial charge in [-0.15, -0.1) is 0 Å². The Morgan fingerprint density at radius 3 is 1.43 bits per heavy atom. The first kappa shape index (κ1) is 10.8. The molecule has 0 radical (unpaired) electrons. The van der Waals surface area contributed by atoms with Crippen molar-refractivity contribution in [3.8, 4) is 11.5 Å². The molecule has 0 atom stereocenters. The van der Waals surface area contributed by atoms with Gasteiger partial charge in [-0.1, -0.05) is 0 Å². The standard InChI is InChI=1S/C10H14O4/c11-5-3-7-8(4-6-12)10(14)2-1-9(7)13/h1-2,11-14H,3-6H2. The molecule has 0 saturated heterocycles. The van der Waals surface area contributed by atoms with E-state index in [1.807, 2.05) is 0 Å². The number of benzene rings is 1. The summed E-state index contributed by atoms with van der Waals surface area (Å²) in [5.41, 5.74) is 1.00. The van der Waals surface area contributed by atoms with E-state index < -0.39 is 0 Å². The first-order chi connectivity index (χ1) is 6.70. The van der Waals surface area contributed by atoms with Crippen LogP contribution in [0.2, 0.25) is 0 Å². The molecule has 0 amide bonds. The van der Waals surface area contributed by atoms with E-state index in [9.17, 15) is 10.2 Å². The van der Waals surface area contributed by atoms with Gasteiger partial charge in [-0.05, 0) is 25.0 Å². The van der Waals surface area contributed by atoms with Gasteiger partial charge in [-0.3, -0.25) is 0 Å². The van der Waals surface area contributed by atoms with Crippen molar-refractivity contribution < 1.29 is 20.4 Å². The highest BCUT2D eigenvalue weighted by Crippen LogP contribution is 2.29. The van der Waals surface area contributed by atoms with Crippen LogP contribution in [0.5, 0.6) is 11.5 Å². The van der Waals surface area contributed by atoms with Crippen LogP contribution in [0, 0.1) is 0 Å². The number of aliphatic hydroxyl groups excluding tert-OH is 2. The smallest absolute Gasteiger partial charge is 0.119 e. The minimum absolute atomic E-state index is 0.0419. The van der Waals surface area contributed by atoms with Crippen LogP contribution in [-0.4, -0.2) is 33.6 Å². The molecule has 0 heterocycles. The van der Waals surface area contributed by atoms with E-state index in [-0.39, 0.29) is 37.6 Å². The Morgan fingerprint density at radius 2 is 1.14 bits per heavy atom. The number of hydrogen-bond donors (Lipinski definition) is 4. The summed E-state index contributed by atoms with van der Waals surface area (Å²) in [6.07, 6.45) is 0.547. The summed E-state index contributed by atoms with van der Waals surface area (Å²) in [5, 5.41) is 36.5. The molecule has 0 fully saturated rings. The molecule has 0 unspecified atom stereocenters. The third-order valence-electron chi connectivity index (χ3n) is 2.11. The van der Waals surface area contributed by atoms with Crippen molar-refractivity contribution in [2.24, 2.45) is 0 Å². The second-order valence-corrected chi connectivity index (χ2v) is 3.01. The molecule has 4 nitrogen and oxygen atoms in total. The van der Waals surface area contributed by atoms with Gasteiger partial charge in [0.1, 0.15) is 11.5 Å². The molecule has 0 bridgehead atoms. The predicted octanol–water partition coefficient (Wildman–Crippen LogP) is 0.167. The zero-order chi connectivity index (χ0) is 10.6. The lowest BCUT2D eigenvalue weighted by Crippen LogP contribution is -2.01. The molecular weight excluding hydrogens is 184 g/mol. The SMILES string of the molecule is OCCc1c(O)ccc(O)c1CCO. The van der Waals surface area contributed by atoms with E-state index in [2.05, 4.69) is 0 Å². The lowest BCUT2D eigenvalue weighted by atomic mass is 10.00. The Hall–Kier alpha value is -1.26. The zero-order valence-electron chi connectivity index (χ0n) is 7.77. The molecule has 1 aromatic carbocycles. The maximum atomic E-state index is 9.47. The Bertz CT molecular complexity index is 278. The molecule has 0 aliphatic carbocycles. The predicted molar refractivity (Wildman–Crippen MR) is 51.4 cm³/mol. The fourth-order valence-corrected chi connectivity index (χ4v) is 1.45. The topological polar surface area (TPSA) is 80.9 Å². The molecule has 0 aromatic heterocycles. The molecule has 0 aliphatic heterocycles. The van der Waals surface area contributed by atoms with E-state index in [4.69, 9.17) is 10.2 Å². The van der Waals surface area contributed by atoms with Gasteiger partial charge in [0.15, 0.2) is 0 Å². The lowest BCUT2D eigenvalue weighted by Gasteiger charge is -2.11. The number of hydrogen-bond acceptors (Lipinski definition) is 4. The third kappa shape index (κ3) is 2.16. The van der Waals surface area contributed by atoms with E-state index in [0.717, 1.165) is 0 Å². The summed E-state index contributed by atoms with van der Waals surface area (Å²) >= 11 is 0. The van der Waals surface area contributed by atoms with Gasteiger partial charge in [0.25, 0.3) is 0 Å². The van der Waals surface area contributed by atoms with Gasteiger partial charge in [-0.25, -0.2) is 0 Å². The molecular formula is C10H14O4. The van der Waals surface area contributed by atoms with E-state index in [1.54, 1.807) is 0 Å². The summed E-state index contributed by atoms with van der Waals surface area (Å²) in [6, 6.07) is 2.75. The molecule has 0 aliphatic rings. The van der Waals surface area contributed by atoms with E-state index in [0.29, 0.717) is 11.1 Å². The molecule has 14 heavy (non-hydrogen) atoms. The molecule has 78 valence electrons. The summed E-state index contributed by atoms with van der Waals surface area (Å²) in [5.74, 6) is 0.0839. The average molecular weight is 198 g/mol. The first-order valence-electron chi connectivity index (χ1n) is 4.45. The van der Waals surface area contributed by atoms with Crippen molar-refractivity contribution in [1.82, 2.24) is 0 Å². The Labute approximate surface area is 82.1 Å². The van der Waals surface area contributed by atoms with Gasteiger partial charge < -0.3 is 20.4 Å². The van der Waals surface area contributed by atoms with Crippen LogP contribution < -0.4 is 0 Å². The maximum absolute atomic E-state index is 9.47. The monoisotopic (exact) mass is 198 g/mol. The maximum Gasteiger partial charge on any atom is 0.119 e. The number of phenolic OH excluding ortho intramolecular Hbond substituents is 2. The summed E-state index contributed by atoms with van der Waals surface area (Å²) in [7, 11) is 0. The minimum Gasteiger partial charge on any atom is -0.508 e. The molecule has 0 spiro atoms. The van der Waals surface area contributed by atoms with Crippen LogP contribution in [0.1, 0.15) is 11.1 Å². The van der Waals surface area contributed by atoms with Crippen LogP contribution in [0.4, 0.5) is 0 Å². The Kier molecular flexibility index (Phi) is 3.73. The largest absolute Gasteiger partial charge is 0.508 e. The van der Waals surface area contributed by atoms with Gasteiger partial charge >= 0.3 is 0 Å². The average Bonchev–Trinajstić information content (AvgIpc) is 2.17. The van der Waals surface area contributed by atoms with Crippen molar-refractivity contribution >= 4 is 0 Å².